The molecule has 0 heterocycles. The molecule has 0 aromatic heterocycles. The lowest BCUT2D eigenvalue weighted by Crippen LogP contribution is -2.75. The summed E-state index contributed by atoms with van der Waals surface area (Å²) in [6.45, 7) is 15.3. The second kappa shape index (κ2) is 13.3. The summed E-state index contributed by atoms with van der Waals surface area (Å²) in [4.78, 5) is 63.4. The first-order valence-electron chi connectivity index (χ1n) is 8.54. The van der Waals surface area contributed by atoms with Crippen LogP contribution < -0.4 is 16.5 Å². The topological polar surface area (TPSA) is 182 Å². The Morgan fingerprint density at radius 3 is 1.41 bits per heavy atom. The van der Waals surface area contributed by atoms with Gasteiger partial charge in [0.25, 0.3) is 0 Å². The zero-order chi connectivity index (χ0) is 24.8. The van der Waals surface area contributed by atoms with Gasteiger partial charge in [-0.15, -0.1) is 0 Å². The molecule has 13 nitrogen and oxygen atoms in total. The average Bonchev–Trinajstić information content (AvgIpc) is 2.77. The molecule has 0 bridgehead atoms. The summed E-state index contributed by atoms with van der Waals surface area (Å²) in [6, 6.07) is 0. The molecular formula is C19H23N3O10. The fourth-order valence-electron chi connectivity index (χ4n) is 1.70. The van der Waals surface area contributed by atoms with Gasteiger partial charge in [-0.3, -0.25) is 0 Å². The van der Waals surface area contributed by atoms with Gasteiger partial charge in [-0.2, -0.15) is 5.48 Å². The van der Waals surface area contributed by atoms with Crippen molar-refractivity contribution in [2.45, 2.75) is 11.8 Å². The summed E-state index contributed by atoms with van der Waals surface area (Å²) in [5, 5.41) is 2.35. The van der Waals surface area contributed by atoms with E-state index in [1.165, 1.54) is 0 Å². The molecule has 0 aromatic carbocycles. The number of hydrogen-bond acceptors (Lipinski definition) is 13. The van der Waals surface area contributed by atoms with E-state index in [2.05, 4.69) is 48.5 Å². The van der Waals surface area contributed by atoms with Gasteiger partial charge in [-0.05, 0) is 0 Å². The molecule has 0 amide bonds. The Bertz CT molecular complexity index is 761. The average molecular weight is 453 g/mol. The standard InChI is InChI=1S/C19H23N3O10/c1-6-13(23)28-18(20,29-14(24)7-2)19(30-15(25)8-3,31-16(26)9-4)21-11-12-22-32-17(27)10-5/h6-10,21-22H,1-5,11-12,20H2. The Kier molecular flexibility index (Phi) is 11.6. The minimum atomic E-state index is -3.13. The molecule has 32 heavy (non-hydrogen) atoms. The molecule has 0 saturated carbocycles. The molecular weight excluding hydrogens is 430 g/mol. The molecule has 0 rings (SSSR count). The molecule has 13 heteroatoms. The molecule has 174 valence electrons. The van der Waals surface area contributed by atoms with E-state index < -0.39 is 41.7 Å². The molecule has 0 fully saturated rings. The van der Waals surface area contributed by atoms with Gasteiger partial charge < -0.3 is 23.8 Å². The summed E-state index contributed by atoms with van der Waals surface area (Å²) >= 11 is 0. The second-order valence-corrected chi connectivity index (χ2v) is 5.23. The maximum atomic E-state index is 12.0. The first-order valence-corrected chi connectivity index (χ1v) is 8.54. The maximum Gasteiger partial charge on any atom is 0.416 e. The molecule has 0 radical (unpaired) electrons. The number of rotatable bonds is 15. The van der Waals surface area contributed by atoms with Gasteiger partial charge in [0.2, 0.25) is 0 Å². The third kappa shape index (κ3) is 8.35. The lowest BCUT2D eigenvalue weighted by atomic mass is 10.3. The van der Waals surface area contributed by atoms with Gasteiger partial charge in [0.05, 0.1) is 0 Å². The molecule has 0 aliphatic rings. The molecule has 0 saturated heterocycles. The second-order valence-electron chi connectivity index (χ2n) is 5.23. The van der Waals surface area contributed by atoms with E-state index in [4.69, 9.17) is 24.7 Å². The van der Waals surface area contributed by atoms with Crippen LogP contribution in [-0.2, 0) is 47.8 Å². The zero-order valence-corrected chi connectivity index (χ0v) is 17.0. The highest BCUT2D eigenvalue weighted by Crippen LogP contribution is 2.28. The molecule has 0 aromatic rings. The zero-order valence-electron chi connectivity index (χ0n) is 17.0. The van der Waals surface area contributed by atoms with E-state index in [-0.39, 0.29) is 13.1 Å². The number of hydroxylamine groups is 1. The van der Waals surface area contributed by atoms with Crippen molar-refractivity contribution in [3.63, 3.8) is 0 Å². The molecule has 0 atom stereocenters. The number of carbonyl (C=O) groups is 5. The van der Waals surface area contributed by atoms with Crippen LogP contribution in [0.1, 0.15) is 0 Å². The summed E-state index contributed by atoms with van der Waals surface area (Å²) in [6.07, 6.45) is 3.43. The molecule has 0 unspecified atom stereocenters. The summed E-state index contributed by atoms with van der Waals surface area (Å²) in [7, 11) is 0. The smallest absolute Gasteiger partial charge is 0.398 e. The van der Waals surface area contributed by atoms with Crippen molar-refractivity contribution in [2.75, 3.05) is 13.1 Å². The Morgan fingerprint density at radius 2 is 1.03 bits per heavy atom. The van der Waals surface area contributed by atoms with Crippen molar-refractivity contribution < 1.29 is 47.8 Å². The van der Waals surface area contributed by atoms with E-state index in [0.717, 1.165) is 6.08 Å². The Hall–Kier alpha value is -4.07. The van der Waals surface area contributed by atoms with E-state index in [9.17, 15) is 24.0 Å². The van der Waals surface area contributed by atoms with Gasteiger partial charge in [-0.1, -0.05) is 32.9 Å². The Labute approximate surface area is 183 Å². The van der Waals surface area contributed by atoms with Gasteiger partial charge in [0, 0.05) is 43.5 Å². The first-order chi connectivity index (χ1) is 15.0. The lowest BCUT2D eigenvalue weighted by molar-refractivity contribution is -0.369. The van der Waals surface area contributed by atoms with Crippen LogP contribution in [0.3, 0.4) is 0 Å². The third-order valence-corrected chi connectivity index (χ3v) is 3.04. The fraction of sp³-hybridized carbons (Fsp3) is 0.211. The minimum Gasteiger partial charge on any atom is -0.398 e. The summed E-state index contributed by atoms with van der Waals surface area (Å²) in [5.41, 5.74) is 8.14. The number of carbonyl (C=O) groups excluding carboxylic acids is 5. The quantitative estimate of drug-likeness (QED) is 0.0686. The third-order valence-electron chi connectivity index (χ3n) is 3.04. The lowest BCUT2D eigenvalue weighted by Gasteiger charge is -2.42. The molecule has 0 aliphatic carbocycles. The summed E-state index contributed by atoms with van der Waals surface area (Å²) in [5.74, 6) is -12.0. The SMILES string of the molecule is C=CC(=O)ONCCNC(OC(=O)C=C)(OC(=O)C=C)C(N)(OC(=O)C=C)OC(=O)C=C. The molecule has 0 spiro atoms. The number of esters is 4. The number of ether oxygens (including phenoxy) is 4. The molecule has 0 aliphatic heterocycles. The van der Waals surface area contributed by atoms with Gasteiger partial charge in [-0.25, -0.2) is 35.0 Å². The minimum absolute atomic E-state index is 0.223. The van der Waals surface area contributed by atoms with E-state index in [1.807, 2.05) is 0 Å². The van der Waals surface area contributed by atoms with E-state index in [0.29, 0.717) is 24.3 Å². The van der Waals surface area contributed by atoms with Crippen LogP contribution in [0.2, 0.25) is 0 Å². The van der Waals surface area contributed by atoms with E-state index in [1.54, 1.807) is 0 Å². The van der Waals surface area contributed by atoms with Gasteiger partial charge >= 0.3 is 41.7 Å². The summed E-state index contributed by atoms with van der Waals surface area (Å²) < 4.78 is 19.7. The van der Waals surface area contributed by atoms with Crippen molar-refractivity contribution in [3.8, 4) is 0 Å². The van der Waals surface area contributed by atoms with Crippen LogP contribution in [0.5, 0.6) is 0 Å². The van der Waals surface area contributed by atoms with Crippen LogP contribution in [0.4, 0.5) is 0 Å². The Balaban J connectivity index is 6.32. The highest BCUT2D eigenvalue weighted by molar-refractivity contribution is 5.85. The molecule has 4 N–H and O–H groups in total. The van der Waals surface area contributed by atoms with Crippen molar-refractivity contribution >= 4 is 29.8 Å². The van der Waals surface area contributed by atoms with Crippen molar-refractivity contribution in [1.82, 2.24) is 10.8 Å². The van der Waals surface area contributed by atoms with Gasteiger partial charge in [0.1, 0.15) is 0 Å². The first kappa shape index (κ1) is 27.9. The van der Waals surface area contributed by atoms with Crippen LogP contribution >= 0.6 is 0 Å². The normalized spacial score (nSPS) is 10.5. The van der Waals surface area contributed by atoms with Crippen LogP contribution in [0, 0.1) is 0 Å². The van der Waals surface area contributed by atoms with Crippen LogP contribution in [-0.4, -0.2) is 54.8 Å². The highest BCUT2D eigenvalue weighted by Gasteiger charge is 2.63. The van der Waals surface area contributed by atoms with Crippen molar-refractivity contribution in [2.24, 2.45) is 5.73 Å². The number of nitrogens with one attached hydrogen (secondary N) is 2. The van der Waals surface area contributed by atoms with Gasteiger partial charge in [0.15, 0.2) is 0 Å². The van der Waals surface area contributed by atoms with Crippen molar-refractivity contribution in [3.05, 3.63) is 63.3 Å². The maximum absolute atomic E-state index is 12.0. The fourth-order valence-corrected chi connectivity index (χ4v) is 1.70. The number of nitrogens with two attached hydrogens (primary N) is 1. The predicted molar refractivity (Wildman–Crippen MR) is 107 cm³/mol. The van der Waals surface area contributed by atoms with Crippen LogP contribution in [0.15, 0.2) is 63.3 Å². The number of hydrogen-bond donors (Lipinski definition) is 3. The van der Waals surface area contributed by atoms with Crippen molar-refractivity contribution in [1.29, 1.82) is 0 Å². The monoisotopic (exact) mass is 453 g/mol. The Morgan fingerprint density at radius 1 is 0.656 bits per heavy atom. The predicted octanol–water partition coefficient (Wildman–Crippen LogP) is -1.01. The largest absolute Gasteiger partial charge is 0.416 e. The highest BCUT2D eigenvalue weighted by atomic mass is 16.8. The van der Waals surface area contributed by atoms with Crippen LogP contribution in [0.25, 0.3) is 0 Å². The van der Waals surface area contributed by atoms with E-state index >= 15 is 0 Å².